The van der Waals surface area contributed by atoms with Gasteiger partial charge in [-0.25, -0.2) is 0 Å². The zero-order valence-corrected chi connectivity index (χ0v) is 15.0. The Morgan fingerprint density at radius 1 is 1.25 bits per heavy atom. The van der Waals surface area contributed by atoms with Gasteiger partial charge in [-0.15, -0.1) is 0 Å². The maximum Gasteiger partial charge on any atom is 0.258 e. The van der Waals surface area contributed by atoms with E-state index in [0.29, 0.717) is 23.3 Å². The normalized spacial score (nSPS) is 11.5. The van der Waals surface area contributed by atoms with Crippen LogP contribution < -0.4 is 14.8 Å². The monoisotopic (exact) mass is 391 g/mol. The number of ether oxygens (including phenoxy) is 2. The number of hydrogen-bond acceptors (Lipinski definition) is 4. The van der Waals surface area contributed by atoms with Crippen molar-refractivity contribution >= 4 is 28.1 Å². The predicted octanol–water partition coefficient (Wildman–Crippen LogP) is 3.53. The third-order valence-corrected chi connectivity index (χ3v) is 3.98. The predicted molar refractivity (Wildman–Crippen MR) is 94.6 cm³/mol. The number of rotatable bonds is 7. The van der Waals surface area contributed by atoms with Gasteiger partial charge in [0.05, 0.1) is 18.7 Å². The molecule has 0 unspecified atom stereocenters. The highest BCUT2D eigenvalue weighted by Crippen LogP contribution is 2.22. The molecule has 6 heteroatoms. The van der Waals surface area contributed by atoms with E-state index in [-0.39, 0.29) is 18.6 Å². The molecule has 0 radical (unpaired) electrons. The Kier molecular flexibility index (Phi) is 6.37. The summed E-state index contributed by atoms with van der Waals surface area (Å²) in [6, 6.07) is 12.4. The lowest BCUT2D eigenvalue weighted by molar-refractivity contribution is -0.123. The summed E-state index contributed by atoms with van der Waals surface area (Å²) < 4.78 is 11.5. The summed E-state index contributed by atoms with van der Waals surface area (Å²) in [5.74, 6) is 0.632. The molecular weight excluding hydrogens is 374 g/mol. The van der Waals surface area contributed by atoms with E-state index < -0.39 is 0 Å². The van der Waals surface area contributed by atoms with Crippen LogP contribution in [0.4, 0.5) is 0 Å². The highest BCUT2D eigenvalue weighted by Gasteiger charge is 2.12. The smallest absolute Gasteiger partial charge is 0.258 e. The third kappa shape index (κ3) is 4.83. The van der Waals surface area contributed by atoms with Crippen LogP contribution in [-0.2, 0) is 4.79 Å². The van der Waals surface area contributed by atoms with E-state index in [1.54, 1.807) is 18.2 Å². The first-order valence-corrected chi connectivity index (χ1v) is 8.13. The first-order chi connectivity index (χ1) is 11.5. The molecule has 0 heterocycles. The van der Waals surface area contributed by atoms with Gasteiger partial charge in [-0.1, -0.05) is 28.1 Å². The summed E-state index contributed by atoms with van der Waals surface area (Å²) in [6.07, 6.45) is 0.667. The number of amides is 1. The Morgan fingerprint density at radius 3 is 2.58 bits per heavy atom. The van der Waals surface area contributed by atoms with Crippen LogP contribution in [0.3, 0.4) is 0 Å². The Balaban J connectivity index is 1.93. The zero-order valence-electron chi connectivity index (χ0n) is 13.4. The van der Waals surface area contributed by atoms with Gasteiger partial charge in [0.25, 0.3) is 5.91 Å². The zero-order chi connectivity index (χ0) is 17.5. The van der Waals surface area contributed by atoms with Crippen LogP contribution in [0.25, 0.3) is 0 Å². The maximum absolute atomic E-state index is 12.0. The summed E-state index contributed by atoms with van der Waals surface area (Å²) >= 11 is 3.38. The van der Waals surface area contributed by atoms with Gasteiger partial charge in [0, 0.05) is 4.47 Å². The fraction of sp³-hybridized carbons (Fsp3) is 0.222. The van der Waals surface area contributed by atoms with Crippen LogP contribution in [0.5, 0.6) is 11.5 Å². The second-order valence-corrected chi connectivity index (χ2v) is 6.07. The molecule has 24 heavy (non-hydrogen) atoms. The van der Waals surface area contributed by atoms with Crippen LogP contribution in [0.1, 0.15) is 28.9 Å². The standard InChI is InChI=1S/C18H18BrNO4/c1-12(13-3-5-15(19)6-4-13)20-18(22)11-24-17-8-7-16(23-2)9-14(17)10-21/h3-10,12H,11H2,1-2H3,(H,20,22)/t12-/m0/s1. The lowest BCUT2D eigenvalue weighted by Crippen LogP contribution is -2.31. The van der Waals surface area contributed by atoms with Crippen molar-refractivity contribution < 1.29 is 19.1 Å². The van der Waals surface area contributed by atoms with E-state index in [0.717, 1.165) is 10.0 Å². The summed E-state index contributed by atoms with van der Waals surface area (Å²) in [4.78, 5) is 23.1. The van der Waals surface area contributed by atoms with Gasteiger partial charge in [-0.05, 0) is 42.8 Å². The molecule has 0 fully saturated rings. The van der Waals surface area contributed by atoms with Crippen LogP contribution >= 0.6 is 15.9 Å². The molecular formula is C18H18BrNO4. The molecule has 0 aromatic heterocycles. The van der Waals surface area contributed by atoms with E-state index in [2.05, 4.69) is 21.2 Å². The van der Waals surface area contributed by atoms with E-state index in [1.807, 2.05) is 31.2 Å². The van der Waals surface area contributed by atoms with Gasteiger partial charge >= 0.3 is 0 Å². The Morgan fingerprint density at radius 2 is 1.96 bits per heavy atom. The second kappa shape index (κ2) is 8.49. The third-order valence-electron chi connectivity index (χ3n) is 3.45. The van der Waals surface area contributed by atoms with Gasteiger partial charge < -0.3 is 14.8 Å². The molecule has 0 aliphatic carbocycles. The Labute approximate surface area is 149 Å². The highest BCUT2D eigenvalue weighted by molar-refractivity contribution is 9.10. The number of methoxy groups -OCH3 is 1. The van der Waals surface area contributed by atoms with Crippen LogP contribution in [-0.4, -0.2) is 25.9 Å². The number of carbonyl (C=O) groups excluding carboxylic acids is 2. The van der Waals surface area contributed by atoms with Crippen molar-refractivity contribution in [3.05, 3.63) is 58.1 Å². The van der Waals surface area contributed by atoms with Gasteiger partial charge in [0.2, 0.25) is 0 Å². The number of aldehydes is 1. The van der Waals surface area contributed by atoms with Crippen molar-refractivity contribution in [2.45, 2.75) is 13.0 Å². The molecule has 2 rings (SSSR count). The van der Waals surface area contributed by atoms with Crippen LogP contribution in [0, 0.1) is 0 Å². The van der Waals surface area contributed by atoms with Crippen molar-refractivity contribution in [1.82, 2.24) is 5.32 Å². The molecule has 5 nitrogen and oxygen atoms in total. The molecule has 2 aromatic carbocycles. The minimum atomic E-state index is -0.266. The summed E-state index contributed by atoms with van der Waals surface area (Å²) in [5.41, 5.74) is 1.33. The largest absolute Gasteiger partial charge is 0.497 e. The van der Waals surface area contributed by atoms with Gasteiger partial charge in [0.15, 0.2) is 12.9 Å². The first-order valence-electron chi connectivity index (χ1n) is 7.34. The quantitative estimate of drug-likeness (QED) is 0.733. The molecule has 0 aliphatic rings. The van der Waals surface area contributed by atoms with Crippen LogP contribution in [0.2, 0.25) is 0 Å². The number of halogens is 1. The molecule has 1 atom stereocenters. The maximum atomic E-state index is 12.0. The van der Waals surface area contributed by atoms with Gasteiger partial charge in [-0.2, -0.15) is 0 Å². The van der Waals surface area contributed by atoms with Gasteiger partial charge in [-0.3, -0.25) is 9.59 Å². The SMILES string of the molecule is COc1ccc(OCC(=O)N[C@@H](C)c2ccc(Br)cc2)c(C=O)c1. The molecule has 126 valence electrons. The van der Waals surface area contributed by atoms with Crippen molar-refractivity contribution in [1.29, 1.82) is 0 Å². The highest BCUT2D eigenvalue weighted by atomic mass is 79.9. The molecule has 1 N–H and O–H groups in total. The number of benzene rings is 2. The van der Waals surface area contributed by atoms with E-state index in [1.165, 1.54) is 7.11 Å². The van der Waals surface area contributed by atoms with Crippen molar-refractivity contribution in [3.63, 3.8) is 0 Å². The van der Waals surface area contributed by atoms with E-state index in [9.17, 15) is 9.59 Å². The second-order valence-electron chi connectivity index (χ2n) is 5.15. The first kappa shape index (κ1) is 18.0. The Hall–Kier alpha value is -2.34. The molecule has 0 bridgehead atoms. The minimum absolute atomic E-state index is 0.143. The topological polar surface area (TPSA) is 64.6 Å². The Bertz CT molecular complexity index is 715. The van der Waals surface area contributed by atoms with Crippen molar-refractivity contribution in [2.75, 3.05) is 13.7 Å². The molecule has 0 saturated carbocycles. The summed E-state index contributed by atoms with van der Waals surface area (Å²) in [7, 11) is 1.52. The molecule has 0 aliphatic heterocycles. The number of nitrogens with one attached hydrogen (secondary N) is 1. The number of carbonyl (C=O) groups is 2. The molecule has 2 aromatic rings. The lowest BCUT2D eigenvalue weighted by Gasteiger charge is -2.15. The molecule has 0 spiro atoms. The van der Waals surface area contributed by atoms with Crippen LogP contribution in [0.15, 0.2) is 46.9 Å². The van der Waals surface area contributed by atoms with Gasteiger partial charge in [0.1, 0.15) is 11.5 Å². The average Bonchev–Trinajstić information content (AvgIpc) is 2.60. The summed E-state index contributed by atoms with van der Waals surface area (Å²) in [5, 5.41) is 2.85. The average molecular weight is 392 g/mol. The van der Waals surface area contributed by atoms with E-state index >= 15 is 0 Å². The lowest BCUT2D eigenvalue weighted by atomic mass is 10.1. The fourth-order valence-electron chi connectivity index (χ4n) is 2.14. The molecule has 1 amide bonds. The minimum Gasteiger partial charge on any atom is -0.497 e. The fourth-order valence-corrected chi connectivity index (χ4v) is 2.40. The number of hydrogen-bond donors (Lipinski definition) is 1. The van der Waals surface area contributed by atoms with Crippen molar-refractivity contribution in [2.24, 2.45) is 0 Å². The summed E-state index contributed by atoms with van der Waals surface area (Å²) in [6.45, 7) is 1.72. The molecule has 0 saturated heterocycles. The van der Waals surface area contributed by atoms with E-state index in [4.69, 9.17) is 9.47 Å². The van der Waals surface area contributed by atoms with Crippen molar-refractivity contribution in [3.8, 4) is 11.5 Å².